The second-order valence-corrected chi connectivity index (χ2v) is 5.15. The molecule has 0 atom stereocenters. The number of imidazole rings is 1. The van der Waals surface area contributed by atoms with Gasteiger partial charge in [-0.2, -0.15) is 0 Å². The number of benzene rings is 1. The standard InChI is InChI=1S/C13H9BrClN3/c14-13-11-5-6-16-8-18(11)12(17-13)7-9-1-3-10(15)4-2-9/h1-6,8H,7H2. The lowest BCUT2D eigenvalue weighted by Crippen LogP contribution is -1.96. The quantitative estimate of drug-likeness (QED) is 0.719. The van der Waals surface area contributed by atoms with Crippen molar-refractivity contribution in [1.82, 2.24) is 14.4 Å². The summed E-state index contributed by atoms with van der Waals surface area (Å²) in [5.74, 6) is 0.951. The Balaban J connectivity index is 2.02. The molecule has 2 aromatic heterocycles. The molecule has 0 fully saturated rings. The van der Waals surface area contributed by atoms with Crippen LogP contribution >= 0.6 is 27.5 Å². The molecule has 0 aliphatic carbocycles. The summed E-state index contributed by atoms with van der Waals surface area (Å²) < 4.78 is 2.83. The molecule has 90 valence electrons. The van der Waals surface area contributed by atoms with Gasteiger partial charge in [0.1, 0.15) is 16.8 Å². The van der Waals surface area contributed by atoms with Gasteiger partial charge in [-0.05, 0) is 39.7 Å². The molecule has 18 heavy (non-hydrogen) atoms. The lowest BCUT2D eigenvalue weighted by Gasteiger charge is -2.01. The molecule has 5 heteroatoms. The van der Waals surface area contributed by atoms with Gasteiger partial charge in [0.2, 0.25) is 0 Å². The van der Waals surface area contributed by atoms with Gasteiger partial charge >= 0.3 is 0 Å². The average molecular weight is 323 g/mol. The molecule has 0 aliphatic heterocycles. The van der Waals surface area contributed by atoms with Crippen molar-refractivity contribution < 1.29 is 0 Å². The van der Waals surface area contributed by atoms with Crippen molar-refractivity contribution in [2.75, 3.05) is 0 Å². The number of fused-ring (bicyclic) bond motifs is 1. The minimum absolute atomic E-state index is 0.745. The van der Waals surface area contributed by atoms with Crippen LogP contribution in [0.15, 0.2) is 47.5 Å². The Kier molecular flexibility index (Phi) is 3.06. The van der Waals surface area contributed by atoms with E-state index in [4.69, 9.17) is 11.6 Å². The molecule has 2 heterocycles. The molecule has 3 nitrogen and oxygen atoms in total. The molecule has 3 aromatic rings. The first-order chi connectivity index (χ1) is 8.74. The van der Waals surface area contributed by atoms with Crippen LogP contribution in [0.25, 0.3) is 5.52 Å². The molecule has 0 unspecified atom stereocenters. The van der Waals surface area contributed by atoms with E-state index in [-0.39, 0.29) is 0 Å². The fourth-order valence-corrected chi connectivity index (χ4v) is 2.52. The van der Waals surface area contributed by atoms with E-state index >= 15 is 0 Å². The van der Waals surface area contributed by atoms with Crippen LogP contribution in [0.4, 0.5) is 0 Å². The van der Waals surface area contributed by atoms with Crippen LogP contribution in [-0.2, 0) is 6.42 Å². The number of hydrogen-bond acceptors (Lipinski definition) is 2. The number of nitrogens with zero attached hydrogens (tertiary/aromatic N) is 3. The fourth-order valence-electron chi connectivity index (χ4n) is 1.87. The first kappa shape index (κ1) is 11.7. The minimum atomic E-state index is 0.745. The molecule has 0 saturated carbocycles. The fraction of sp³-hybridized carbons (Fsp3) is 0.0769. The van der Waals surface area contributed by atoms with E-state index in [1.165, 1.54) is 5.56 Å². The summed E-state index contributed by atoms with van der Waals surface area (Å²) in [7, 11) is 0. The molecular weight excluding hydrogens is 314 g/mol. The third kappa shape index (κ3) is 2.13. The Bertz CT molecular complexity index is 691. The van der Waals surface area contributed by atoms with E-state index in [1.54, 1.807) is 12.5 Å². The second kappa shape index (κ2) is 4.71. The average Bonchev–Trinajstić information content (AvgIpc) is 2.70. The third-order valence-electron chi connectivity index (χ3n) is 2.75. The Morgan fingerprint density at radius 2 is 1.94 bits per heavy atom. The summed E-state index contributed by atoms with van der Waals surface area (Å²) in [6.45, 7) is 0. The van der Waals surface area contributed by atoms with Crippen molar-refractivity contribution in [2.24, 2.45) is 0 Å². The van der Waals surface area contributed by atoms with Gasteiger partial charge < -0.3 is 0 Å². The number of aromatic nitrogens is 3. The van der Waals surface area contributed by atoms with Crippen molar-refractivity contribution in [1.29, 1.82) is 0 Å². The molecular formula is C13H9BrClN3. The number of rotatable bonds is 2. The van der Waals surface area contributed by atoms with Crippen molar-refractivity contribution in [3.8, 4) is 0 Å². The number of halogens is 2. The van der Waals surface area contributed by atoms with Gasteiger partial charge in [0.15, 0.2) is 0 Å². The Morgan fingerprint density at radius 1 is 1.17 bits per heavy atom. The summed E-state index contributed by atoms with van der Waals surface area (Å²) in [5, 5.41) is 0.745. The zero-order valence-electron chi connectivity index (χ0n) is 9.35. The molecule has 0 saturated heterocycles. The van der Waals surface area contributed by atoms with Crippen LogP contribution < -0.4 is 0 Å². The van der Waals surface area contributed by atoms with E-state index in [1.807, 2.05) is 34.7 Å². The molecule has 0 aliphatic rings. The predicted molar refractivity (Wildman–Crippen MR) is 74.9 cm³/mol. The SMILES string of the molecule is Clc1ccc(Cc2nc(Br)c3ccncn23)cc1. The molecule has 0 spiro atoms. The maximum atomic E-state index is 5.88. The largest absolute Gasteiger partial charge is 0.286 e. The van der Waals surface area contributed by atoms with Gasteiger partial charge in [0, 0.05) is 17.6 Å². The van der Waals surface area contributed by atoms with Crippen molar-refractivity contribution in [2.45, 2.75) is 6.42 Å². The van der Waals surface area contributed by atoms with Crippen LogP contribution in [-0.4, -0.2) is 14.4 Å². The smallest absolute Gasteiger partial charge is 0.132 e. The summed E-state index contributed by atoms with van der Waals surface area (Å²) in [5.41, 5.74) is 2.19. The van der Waals surface area contributed by atoms with E-state index in [2.05, 4.69) is 25.9 Å². The van der Waals surface area contributed by atoms with Gasteiger partial charge in [-0.25, -0.2) is 9.97 Å². The molecule has 1 aromatic carbocycles. The van der Waals surface area contributed by atoms with Crippen molar-refractivity contribution in [3.63, 3.8) is 0 Å². The first-order valence-electron chi connectivity index (χ1n) is 5.45. The van der Waals surface area contributed by atoms with E-state index in [0.29, 0.717) is 0 Å². The zero-order valence-corrected chi connectivity index (χ0v) is 11.7. The molecule has 0 amide bonds. The zero-order chi connectivity index (χ0) is 12.5. The van der Waals surface area contributed by atoms with E-state index < -0.39 is 0 Å². The highest BCUT2D eigenvalue weighted by atomic mass is 79.9. The van der Waals surface area contributed by atoms with Crippen LogP contribution in [0.1, 0.15) is 11.4 Å². The third-order valence-corrected chi connectivity index (χ3v) is 3.59. The molecule has 0 N–H and O–H groups in total. The second-order valence-electron chi connectivity index (χ2n) is 3.96. The van der Waals surface area contributed by atoms with E-state index in [9.17, 15) is 0 Å². The van der Waals surface area contributed by atoms with Gasteiger partial charge in [0.05, 0.1) is 5.52 Å². The minimum Gasteiger partial charge on any atom is -0.286 e. The van der Waals surface area contributed by atoms with E-state index in [0.717, 1.165) is 27.4 Å². The predicted octanol–water partition coefficient (Wildman–Crippen LogP) is 3.74. The van der Waals surface area contributed by atoms with Crippen LogP contribution in [0.5, 0.6) is 0 Å². The van der Waals surface area contributed by atoms with Gasteiger partial charge in [-0.3, -0.25) is 4.40 Å². The normalized spacial score (nSPS) is 11.0. The Morgan fingerprint density at radius 3 is 2.72 bits per heavy atom. The van der Waals surface area contributed by atoms with Crippen LogP contribution in [0, 0.1) is 0 Å². The highest BCUT2D eigenvalue weighted by Crippen LogP contribution is 2.20. The van der Waals surface area contributed by atoms with Gasteiger partial charge in [-0.1, -0.05) is 23.7 Å². The van der Waals surface area contributed by atoms with Crippen molar-refractivity contribution >= 4 is 33.0 Å². The Labute approximate surface area is 118 Å². The summed E-state index contributed by atoms with van der Waals surface area (Å²) in [4.78, 5) is 8.64. The topological polar surface area (TPSA) is 30.2 Å². The van der Waals surface area contributed by atoms with Gasteiger partial charge in [-0.15, -0.1) is 0 Å². The highest BCUT2D eigenvalue weighted by molar-refractivity contribution is 9.10. The molecule has 0 radical (unpaired) electrons. The first-order valence-corrected chi connectivity index (χ1v) is 6.62. The maximum absolute atomic E-state index is 5.88. The molecule has 0 bridgehead atoms. The Hall–Kier alpha value is -1.39. The lowest BCUT2D eigenvalue weighted by molar-refractivity contribution is 0.935. The maximum Gasteiger partial charge on any atom is 0.132 e. The lowest BCUT2D eigenvalue weighted by atomic mass is 10.1. The van der Waals surface area contributed by atoms with Crippen LogP contribution in [0.2, 0.25) is 5.02 Å². The summed E-state index contributed by atoms with van der Waals surface area (Å²) in [6.07, 6.45) is 4.28. The summed E-state index contributed by atoms with van der Waals surface area (Å²) >= 11 is 9.34. The van der Waals surface area contributed by atoms with Gasteiger partial charge in [0.25, 0.3) is 0 Å². The monoisotopic (exact) mass is 321 g/mol. The van der Waals surface area contributed by atoms with Crippen LogP contribution in [0.3, 0.4) is 0 Å². The van der Waals surface area contributed by atoms with Crippen molar-refractivity contribution in [3.05, 3.63) is 63.9 Å². The summed E-state index contributed by atoms with van der Waals surface area (Å²) in [6, 6.07) is 9.73. The highest BCUT2D eigenvalue weighted by Gasteiger charge is 2.09. The number of hydrogen-bond donors (Lipinski definition) is 0. The molecule has 3 rings (SSSR count).